The molecule has 0 spiro atoms. The molecular weight excluding hydrogens is 474 g/mol. The van der Waals surface area contributed by atoms with Crippen LogP contribution in [0.5, 0.6) is 0 Å². The van der Waals surface area contributed by atoms with Gasteiger partial charge in [-0.3, -0.25) is 20.2 Å². The second kappa shape index (κ2) is 8.92. The molecule has 1 saturated carbocycles. The number of nitro benzene ring substituents is 2. The van der Waals surface area contributed by atoms with Gasteiger partial charge < -0.3 is 5.32 Å². The molecular formula is C25H22ClN3O4S. The van der Waals surface area contributed by atoms with Crippen molar-refractivity contribution in [1.82, 2.24) is 0 Å². The molecule has 9 heteroatoms. The van der Waals surface area contributed by atoms with Gasteiger partial charge in [-0.25, -0.2) is 0 Å². The maximum absolute atomic E-state index is 11.8. The van der Waals surface area contributed by atoms with Gasteiger partial charge in [-0.15, -0.1) is 23.4 Å². The fraction of sp³-hybridized carbons (Fsp3) is 0.280. The summed E-state index contributed by atoms with van der Waals surface area (Å²) >= 11 is 8.55. The molecule has 0 saturated heterocycles. The number of anilines is 1. The molecule has 0 radical (unpaired) electrons. The van der Waals surface area contributed by atoms with E-state index in [2.05, 4.69) is 11.4 Å². The van der Waals surface area contributed by atoms with E-state index >= 15 is 0 Å². The number of nitrogens with one attached hydrogen (secondary N) is 1. The van der Waals surface area contributed by atoms with E-state index in [4.69, 9.17) is 11.6 Å². The largest absolute Gasteiger partial charge is 0.377 e. The minimum atomic E-state index is -0.371. The first kappa shape index (κ1) is 22.7. The van der Waals surface area contributed by atoms with Crippen molar-refractivity contribution in [2.45, 2.75) is 40.8 Å². The topological polar surface area (TPSA) is 98.3 Å². The Labute approximate surface area is 205 Å². The lowest BCUT2D eigenvalue weighted by atomic mass is 9.76. The Morgan fingerprint density at radius 2 is 1.62 bits per heavy atom. The van der Waals surface area contributed by atoms with Crippen LogP contribution in [0, 0.1) is 33.1 Å². The predicted octanol–water partition coefficient (Wildman–Crippen LogP) is 6.85. The number of nitro groups is 2. The van der Waals surface area contributed by atoms with Gasteiger partial charge in [-0.2, -0.15) is 0 Å². The molecule has 2 aliphatic rings. The Kier molecular flexibility index (Phi) is 5.95. The second-order valence-corrected chi connectivity index (χ2v) is 10.6. The molecule has 7 nitrogen and oxygen atoms in total. The first-order valence-corrected chi connectivity index (χ1v) is 12.3. The number of fused-ring (bicyclic) bond motifs is 3. The van der Waals surface area contributed by atoms with Crippen molar-refractivity contribution in [3.05, 3.63) is 104 Å². The summed E-state index contributed by atoms with van der Waals surface area (Å²) in [6.07, 6.45) is 0.673. The van der Waals surface area contributed by atoms with Crippen LogP contribution in [-0.4, -0.2) is 20.5 Å². The number of benzene rings is 3. The van der Waals surface area contributed by atoms with E-state index in [1.807, 2.05) is 25.1 Å². The monoisotopic (exact) mass is 495 g/mol. The van der Waals surface area contributed by atoms with Crippen molar-refractivity contribution in [2.75, 3.05) is 5.32 Å². The molecule has 3 aromatic rings. The standard InChI is InChI=1S/C25H22ClN3O4S/c1-14-10-11-18-16(12-14)23-17(25(27-18)15-6-2-3-7-19(15)28(30)31)13-22(24(23)26)34-21-9-5-4-8-20(21)29(32)33/h2-12,17,22-25,27H,13H2,1H3/t17-,22-,23+,24-,25-/m0/s1. The SMILES string of the molecule is Cc1ccc2c(c1)[C@H]1[C@@H](Cl)[C@@H](Sc3ccccc3[N+](=O)[O-])C[C@@H]1[C@H](c1ccccc1[N+](=O)[O-])N2. The third kappa shape index (κ3) is 3.91. The van der Waals surface area contributed by atoms with E-state index < -0.39 is 0 Å². The van der Waals surface area contributed by atoms with E-state index in [1.165, 1.54) is 23.9 Å². The summed E-state index contributed by atoms with van der Waals surface area (Å²) in [4.78, 5) is 23.2. The number of hydrogen-bond acceptors (Lipinski definition) is 6. The van der Waals surface area contributed by atoms with Crippen LogP contribution in [0.25, 0.3) is 0 Å². The van der Waals surface area contributed by atoms with Crippen molar-refractivity contribution < 1.29 is 9.85 Å². The first-order valence-electron chi connectivity index (χ1n) is 11.0. The summed E-state index contributed by atoms with van der Waals surface area (Å²) in [5, 5.41) is 26.5. The Morgan fingerprint density at radius 1 is 0.941 bits per heavy atom. The summed E-state index contributed by atoms with van der Waals surface area (Å²) in [7, 11) is 0. The maximum atomic E-state index is 11.8. The van der Waals surface area contributed by atoms with Crippen molar-refractivity contribution in [3.63, 3.8) is 0 Å². The number of rotatable bonds is 5. The third-order valence-corrected chi connectivity index (χ3v) is 8.89. The van der Waals surface area contributed by atoms with Crippen LogP contribution >= 0.6 is 23.4 Å². The minimum Gasteiger partial charge on any atom is -0.377 e. The zero-order chi connectivity index (χ0) is 24.0. The van der Waals surface area contributed by atoms with Gasteiger partial charge in [0, 0.05) is 29.0 Å². The van der Waals surface area contributed by atoms with Crippen LogP contribution in [0.2, 0.25) is 0 Å². The van der Waals surface area contributed by atoms with Gasteiger partial charge >= 0.3 is 0 Å². The van der Waals surface area contributed by atoms with Gasteiger partial charge in [0.15, 0.2) is 0 Å². The lowest BCUT2D eigenvalue weighted by Gasteiger charge is -2.38. The quantitative estimate of drug-likeness (QED) is 0.236. The number of thioether (sulfide) groups is 1. The van der Waals surface area contributed by atoms with Crippen LogP contribution < -0.4 is 5.32 Å². The third-order valence-electron chi connectivity index (χ3n) is 6.78. The predicted molar refractivity (Wildman–Crippen MR) is 134 cm³/mol. The molecule has 1 heterocycles. The van der Waals surface area contributed by atoms with Crippen molar-refractivity contribution in [1.29, 1.82) is 0 Å². The highest BCUT2D eigenvalue weighted by molar-refractivity contribution is 8.00. The fourth-order valence-electron chi connectivity index (χ4n) is 5.33. The van der Waals surface area contributed by atoms with Crippen molar-refractivity contribution in [3.8, 4) is 0 Å². The number of alkyl halides is 1. The van der Waals surface area contributed by atoms with Gasteiger partial charge in [0.1, 0.15) is 0 Å². The fourth-order valence-corrected chi connectivity index (χ4v) is 7.27. The van der Waals surface area contributed by atoms with E-state index in [-0.39, 0.29) is 49.7 Å². The van der Waals surface area contributed by atoms with Gasteiger partial charge in [0.2, 0.25) is 0 Å². The molecule has 0 aromatic heterocycles. The average Bonchev–Trinajstić information content (AvgIpc) is 3.15. The average molecular weight is 496 g/mol. The van der Waals surface area contributed by atoms with Crippen LogP contribution in [0.3, 0.4) is 0 Å². The van der Waals surface area contributed by atoms with Gasteiger partial charge in [0.05, 0.1) is 31.7 Å². The number of para-hydroxylation sites is 2. The molecule has 5 rings (SSSR count). The number of hydrogen-bond donors (Lipinski definition) is 1. The lowest BCUT2D eigenvalue weighted by Crippen LogP contribution is -2.31. The summed E-state index contributed by atoms with van der Waals surface area (Å²) in [5.74, 6) is -0.0407. The lowest BCUT2D eigenvalue weighted by molar-refractivity contribution is -0.387. The Balaban J connectivity index is 1.57. The zero-order valence-corrected chi connectivity index (χ0v) is 19.8. The van der Waals surface area contributed by atoms with E-state index in [9.17, 15) is 20.2 Å². The highest BCUT2D eigenvalue weighted by Gasteiger charge is 2.51. The van der Waals surface area contributed by atoms with Crippen LogP contribution in [0.15, 0.2) is 71.6 Å². The van der Waals surface area contributed by atoms with Crippen LogP contribution in [-0.2, 0) is 0 Å². The molecule has 34 heavy (non-hydrogen) atoms. The molecule has 1 fully saturated rings. The number of halogens is 1. The summed E-state index contributed by atoms with van der Waals surface area (Å²) in [6.45, 7) is 2.03. The molecule has 5 atom stereocenters. The van der Waals surface area contributed by atoms with E-state index in [0.29, 0.717) is 16.9 Å². The zero-order valence-electron chi connectivity index (χ0n) is 18.3. The van der Waals surface area contributed by atoms with Crippen LogP contribution in [0.1, 0.15) is 35.1 Å². The maximum Gasteiger partial charge on any atom is 0.282 e. The molecule has 1 aliphatic carbocycles. The molecule has 0 unspecified atom stereocenters. The van der Waals surface area contributed by atoms with Gasteiger partial charge in [-0.1, -0.05) is 48.0 Å². The van der Waals surface area contributed by atoms with Crippen molar-refractivity contribution in [2.24, 2.45) is 5.92 Å². The number of nitrogens with zero attached hydrogens (tertiary/aromatic N) is 2. The summed E-state index contributed by atoms with van der Waals surface area (Å²) in [6, 6.07) is 19.4. The Hall–Kier alpha value is -3.10. The smallest absolute Gasteiger partial charge is 0.282 e. The minimum absolute atomic E-state index is 0.00170. The summed E-state index contributed by atoms with van der Waals surface area (Å²) < 4.78 is 0. The van der Waals surface area contributed by atoms with Gasteiger partial charge in [-0.05, 0) is 37.0 Å². The number of aryl methyl sites for hydroxylation is 1. The second-order valence-electron chi connectivity index (χ2n) is 8.78. The molecule has 1 N–H and O–H groups in total. The molecule has 0 amide bonds. The molecule has 174 valence electrons. The van der Waals surface area contributed by atoms with Crippen LogP contribution in [0.4, 0.5) is 17.1 Å². The Bertz CT molecular complexity index is 1290. The first-order chi connectivity index (χ1) is 16.3. The molecule has 0 bridgehead atoms. The highest BCUT2D eigenvalue weighted by atomic mass is 35.5. The van der Waals surface area contributed by atoms with Gasteiger partial charge in [0.25, 0.3) is 11.4 Å². The summed E-state index contributed by atoms with van der Waals surface area (Å²) in [5.41, 5.74) is 3.92. The van der Waals surface area contributed by atoms with E-state index in [0.717, 1.165) is 16.8 Å². The highest BCUT2D eigenvalue weighted by Crippen LogP contribution is 2.58. The normalized spacial score (nSPS) is 25.2. The molecule has 1 aliphatic heterocycles. The van der Waals surface area contributed by atoms with Crippen molar-refractivity contribution >= 4 is 40.4 Å². The van der Waals surface area contributed by atoms with E-state index in [1.54, 1.807) is 30.3 Å². The molecule has 3 aromatic carbocycles. The Morgan fingerprint density at radius 3 is 2.35 bits per heavy atom.